The second kappa shape index (κ2) is 5.77. The molecule has 2 unspecified atom stereocenters. The molecule has 0 saturated carbocycles. The molecule has 0 radical (unpaired) electrons. The van der Waals surface area contributed by atoms with E-state index in [4.69, 9.17) is 10.5 Å². The predicted molar refractivity (Wildman–Crippen MR) is 72.0 cm³/mol. The second-order valence-corrected chi connectivity index (χ2v) is 4.76. The Balaban J connectivity index is 2.36. The number of rotatable bonds is 4. The van der Waals surface area contributed by atoms with Gasteiger partial charge in [-0.25, -0.2) is 0 Å². The van der Waals surface area contributed by atoms with E-state index in [1.54, 1.807) is 38.3 Å². The van der Waals surface area contributed by atoms with Gasteiger partial charge in [-0.1, -0.05) is 12.1 Å². The van der Waals surface area contributed by atoms with Crippen LogP contribution in [-0.2, 0) is 6.18 Å². The number of nitrogens with zero attached hydrogens (tertiary/aromatic N) is 2. The molecule has 0 spiro atoms. The molecule has 21 heavy (non-hydrogen) atoms. The van der Waals surface area contributed by atoms with E-state index >= 15 is 0 Å². The summed E-state index contributed by atoms with van der Waals surface area (Å²) in [5, 5.41) is 3.60. The van der Waals surface area contributed by atoms with Crippen molar-refractivity contribution in [2.24, 2.45) is 5.73 Å². The van der Waals surface area contributed by atoms with Crippen LogP contribution < -0.4 is 10.5 Å². The maximum absolute atomic E-state index is 12.6. The predicted octanol–water partition coefficient (Wildman–Crippen LogP) is 2.85. The van der Waals surface area contributed by atoms with Crippen LogP contribution in [0.4, 0.5) is 13.2 Å². The van der Waals surface area contributed by atoms with E-state index in [-0.39, 0.29) is 0 Å². The van der Waals surface area contributed by atoms with E-state index in [2.05, 4.69) is 5.10 Å². The molecule has 114 valence electrons. The SMILES string of the molecule is COc1ccc(C(C(C)N)n2ccc(C(F)(F)F)n2)cc1. The van der Waals surface area contributed by atoms with Crippen molar-refractivity contribution in [2.75, 3.05) is 7.11 Å². The molecular formula is C14H16F3N3O. The lowest BCUT2D eigenvalue weighted by Gasteiger charge is -2.22. The number of benzene rings is 1. The first kappa shape index (κ1) is 15.4. The Hall–Kier alpha value is -2.02. The fraction of sp³-hybridized carbons (Fsp3) is 0.357. The topological polar surface area (TPSA) is 53.1 Å². The van der Waals surface area contributed by atoms with E-state index in [0.29, 0.717) is 5.75 Å². The van der Waals surface area contributed by atoms with Crippen molar-refractivity contribution in [3.63, 3.8) is 0 Å². The highest BCUT2D eigenvalue weighted by Gasteiger charge is 2.34. The molecule has 2 atom stereocenters. The highest BCUT2D eigenvalue weighted by molar-refractivity contribution is 5.30. The standard InChI is InChI=1S/C14H16F3N3O/c1-9(18)13(10-3-5-11(21-2)6-4-10)20-8-7-12(19-20)14(15,16)17/h3-9,13H,18H2,1-2H3. The van der Waals surface area contributed by atoms with Crippen molar-refractivity contribution in [1.82, 2.24) is 9.78 Å². The van der Waals surface area contributed by atoms with Gasteiger partial charge in [0.05, 0.1) is 13.2 Å². The smallest absolute Gasteiger partial charge is 0.435 e. The zero-order valence-corrected chi connectivity index (χ0v) is 11.6. The Morgan fingerprint density at radius 2 is 1.81 bits per heavy atom. The van der Waals surface area contributed by atoms with Crippen LogP contribution in [0, 0.1) is 0 Å². The van der Waals surface area contributed by atoms with E-state index in [1.165, 1.54) is 10.9 Å². The van der Waals surface area contributed by atoms with Gasteiger partial charge in [-0.3, -0.25) is 4.68 Å². The summed E-state index contributed by atoms with van der Waals surface area (Å²) >= 11 is 0. The molecule has 0 aliphatic heterocycles. The molecule has 4 nitrogen and oxygen atoms in total. The van der Waals surface area contributed by atoms with Crippen molar-refractivity contribution >= 4 is 0 Å². The summed E-state index contributed by atoms with van der Waals surface area (Å²) in [4.78, 5) is 0. The zero-order valence-electron chi connectivity index (χ0n) is 11.6. The van der Waals surface area contributed by atoms with Crippen LogP contribution in [0.15, 0.2) is 36.5 Å². The lowest BCUT2D eigenvalue weighted by molar-refractivity contribution is -0.141. The zero-order chi connectivity index (χ0) is 15.6. The first-order valence-corrected chi connectivity index (χ1v) is 6.35. The van der Waals surface area contributed by atoms with Crippen LogP contribution in [0.3, 0.4) is 0 Å². The lowest BCUT2D eigenvalue weighted by atomic mass is 10.0. The Morgan fingerprint density at radius 3 is 2.24 bits per heavy atom. The Labute approximate surface area is 120 Å². The van der Waals surface area contributed by atoms with Gasteiger partial charge in [0.25, 0.3) is 0 Å². The number of hydrogen-bond donors (Lipinski definition) is 1. The van der Waals surface area contributed by atoms with E-state index in [0.717, 1.165) is 11.6 Å². The Morgan fingerprint density at radius 1 is 1.19 bits per heavy atom. The van der Waals surface area contributed by atoms with E-state index in [9.17, 15) is 13.2 Å². The molecule has 2 N–H and O–H groups in total. The van der Waals surface area contributed by atoms with E-state index < -0.39 is 24.0 Å². The number of aromatic nitrogens is 2. The highest BCUT2D eigenvalue weighted by Crippen LogP contribution is 2.29. The average molecular weight is 299 g/mol. The van der Waals surface area contributed by atoms with Crippen molar-refractivity contribution in [3.8, 4) is 5.75 Å². The maximum atomic E-state index is 12.6. The van der Waals surface area contributed by atoms with Crippen molar-refractivity contribution < 1.29 is 17.9 Å². The lowest BCUT2D eigenvalue weighted by Crippen LogP contribution is -2.31. The monoisotopic (exact) mass is 299 g/mol. The van der Waals surface area contributed by atoms with Gasteiger partial charge in [0, 0.05) is 12.2 Å². The molecule has 2 aromatic rings. The quantitative estimate of drug-likeness (QED) is 0.944. The minimum atomic E-state index is -4.46. The molecule has 0 amide bonds. The summed E-state index contributed by atoms with van der Waals surface area (Å²) in [6, 6.07) is 7.06. The first-order chi connectivity index (χ1) is 9.82. The van der Waals surface area contributed by atoms with Gasteiger partial charge in [0.1, 0.15) is 5.75 Å². The minimum absolute atomic E-state index is 0.403. The highest BCUT2D eigenvalue weighted by atomic mass is 19.4. The molecule has 1 heterocycles. The average Bonchev–Trinajstić information content (AvgIpc) is 2.89. The van der Waals surface area contributed by atoms with Gasteiger partial charge < -0.3 is 10.5 Å². The van der Waals surface area contributed by atoms with Crippen LogP contribution in [0.2, 0.25) is 0 Å². The van der Waals surface area contributed by atoms with E-state index in [1.807, 2.05) is 0 Å². The molecule has 0 bridgehead atoms. The number of methoxy groups -OCH3 is 1. The third-order valence-corrected chi connectivity index (χ3v) is 3.14. The largest absolute Gasteiger partial charge is 0.497 e. The van der Waals surface area contributed by atoms with Crippen molar-refractivity contribution in [3.05, 3.63) is 47.8 Å². The van der Waals surface area contributed by atoms with Crippen LogP contribution >= 0.6 is 0 Å². The number of alkyl halides is 3. The normalized spacial score (nSPS) is 14.8. The van der Waals surface area contributed by atoms with Gasteiger partial charge >= 0.3 is 6.18 Å². The van der Waals surface area contributed by atoms with Gasteiger partial charge in [0.15, 0.2) is 5.69 Å². The Bertz CT molecular complexity index is 590. The minimum Gasteiger partial charge on any atom is -0.497 e. The van der Waals surface area contributed by atoms with Gasteiger partial charge in [0.2, 0.25) is 0 Å². The molecule has 1 aromatic carbocycles. The number of halogens is 3. The second-order valence-electron chi connectivity index (χ2n) is 4.76. The summed E-state index contributed by atoms with van der Waals surface area (Å²) in [5.74, 6) is 0.665. The molecule has 0 aliphatic carbocycles. The first-order valence-electron chi connectivity index (χ1n) is 6.35. The third kappa shape index (κ3) is 3.36. The Kier molecular flexibility index (Phi) is 4.22. The molecule has 0 saturated heterocycles. The van der Waals surface area contributed by atoms with Crippen molar-refractivity contribution in [1.29, 1.82) is 0 Å². The number of ether oxygens (including phenoxy) is 1. The van der Waals surface area contributed by atoms with Crippen LogP contribution in [0.25, 0.3) is 0 Å². The summed E-state index contributed by atoms with van der Waals surface area (Å²) < 4.78 is 44.2. The van der Waals surface area contributed by atoms with Crippen molar-refractivity contribution in [2.45, 2.75) is 25.2 Å². The fourth-order valence-electron chi connectivity index (χ4n) is 2.14. The maximum Gasteiger partial charge on any atom is 0.435 e. The van der Waals surface area contributed by atoms with Crippen LogP contribution in [-0.4, -0.2) is 22.9 Å². The molecule has 1 aromatic heterocycles. The fourth-order valence-corrected chi connectivity index (χ4v) is 2.14. The molecular weight excluding hydrogens is 283 g/mol. The van der Waals surface area contributed by atoms with Gasteiger partial charge in [-0.05, 0) is 30.7 Å². The molecule has 2 rings (SSSR count). The number of nitrogens with two attached hydrogens (primary N) is 1. The summed E-state index contributed by atoms with van der Waals surface area (Å²) in [7, 11) is 1.54. The van der Waals surface area contributed by atoms with Crippen LogP contribution in [0.1, 0.15) is 24.2 Å². The molecule has 7 heteroatoms. The third-order valence-electron chi connectivity index (χ3n) is 3.14. The molecule has 0 aliphatic rings. The van der Waals surface area contributed by atoms with Gasteiger partial charge in [-0.2, -0.15) is 18.3 Å². The number of hydrogen-bond acceptors (Lipinski definition) is 3. The molecule has 0 fully saturated rings. The summed E-state index contributed by atoms with van der Waals surface area (Å²) in [5.41, 5.74) is 5.75. The van der Waals surface area contributed by atoms with Gasteiger partial charge in [-0.15, -0.1) is 0 Å². The summed E-state index contributed by atoms with van der Waals surface area (Å²) in [6.07, 6.45) is -3.17. The van der Waals surface area contributed by atoms with Crippen LogP contribution in [0.5, 0.6) is 5.75 Å². The summed E-state index contributed by atoms with van der Waals surface area (Å²) in [6.45, 7) is 1.73.